The van der Waals surface area contributed by atoms with Crippen molar-refractivity contribution in [3.63, 3.8) is 0 Å². The van der Waals surface area contributed by atoms with Gasteiger partial charge < -0.3 is 14.5 Å². The maximum atomic E-state index is 12.0. The molecule has 0 bridgehead atoms. The Morgan fingerprint density at radius 2 is 2.07 bits per heavy atom. The molecular weight excluding hydrogens is 192 g/mol. The summed E-state index contributed by atoms with van der Waals surface area (Å²) in [6.07, 6.45) is 0.910. The maximum Gasteiger partial charge on any atom is 0.228 e. The predicted octanol–water partition coefficient (Wildman–Crippen LogP) is 0.187. The molecule has 0 aromatic carbocycles. The first kappa shape index (κ1) is 10.9. The number of piperazine rings is 1. The van der Waals surface area contributed by atoms with Crippen molar-refractivity contribution < 1.29 is 9.53 Å². The van der Waals surface area contributed by atoms with E-state index in [1.165, 1.54) is 0 Å². The van der Waals surface area contributed by atoms with Crippen LogP contribution in [0.5, 0.6) is 0 Å². The van der Waals surface area contributed by atoms with E-state index in [4.69, 9.17) is 4.74 Å². The fourth-order valence-electron chi connectivity index (χ4n) is 2.27. The molecule has 0 radical (unpaired) electrons. The molecule has 0 saturated carbocycles. The molecule has 0 aromatic heterocycles. The summed E-state index contributed by atoms with van der Waals surface area (Å²) in [4.78, 5) is 16.4. The molecule has 1 atom stereocenters. The van der Waals surface area contributed by atoms with Gasteiger partial charge in [0.15, 0.2) is 0 Å². The van der Waals surface area contributed by atoms with Crippen LogP contribution in [0.4, 0.5) is 0 Å². The fraction of sp³-hybridized carbons (Fsp3) is 0.909. The molecule has 1 unspecified atom stereocenters. The SMILES string of the molecule is CCN1CCN(C(=O)C2CCOC2)CC1. The second-order valence-corrected chi connectivity index (χ2v) is 4.32. The van der Waals surface area contributed by atoms with Gasteiger partial charge in [-0.3, -0.25) is 4.79 Å². The van der Waals surface area contributed by atoms with Crippen LogP contribution in [0.15, 0.2) is 0 Å². The highest BCUT2D eigenvalue weighted by Gasteiger charge is 2.29. The van der Waals surface area contributed by atoms with Crippen LogP contribution in [-0.2, 0) is 9.53 Å². The standard InChI is InChI=1S/C11H20N2O2/c1-2-12-4-6-13(7-5-12)11(14)10-3-8-15-9-10/h10H,2-9H2,1H3. The molecule has 2 fully saturated rings. The van der Waals surface area contributed by atoms with E-state index in [0.29, 0.717) is 12.5 Å². The summed E-state index contributed by atoms with van der Waals surface area (Å²) < 4.78 is 5.25. The number of ether oxygens (including phenoxy) is 1. The quantitative estimate of drug-likeness (QED) is 0.655. The minimum atomic E-state index is 0.137. The lowest BCUT2D eigenvalue weighted by molar-refractivity contribution is -0.137. The summed E-state index contributed by atoms with van der Waals surface area (Å²) >= 11 is 0. The number of nitrogens with zero attached hydrogens (tertiary/aromatic N) is 2. The zero-order chi connectivity index (χ0) is 10.7. The van der Waals surface area contributed by atoms with Crippen molar-refractivity contribution in [2.75, 3.05) is 45.9 Å². The Morgan fingerprint density at radius 3 is 2.60 bits per heavy atom. The van der Waals surface area contributed by atoms with Crippen molar-refractivity contribution in [2.24, 2.45) is 5.92 Å². The van der Waals surface area contributed by atoms with Crippen molar-refractivity contribution in [1.82, 2.24) is 9.80 Å². The van der Waals surface area contributed by atoms with Gasteiger partial charge in [-0.1, -0.05) is 6.92 Å². The van der Waals surface area contributed by atoms with Gasteiger partial charge in [-0.05, 0) is 13.0 Å². The molecule has 4 heteroatoms. The summed E-state index contributed by atoms with van der Waals surface area (Å²) in [5, 5.41) is 0. The number of carbonyl (C=O) groups is 1. The summed E-state index contributed by atoms with van der Waals surface area (Å²) in [5.41, 5.74) is 0. The van der Waals surface area contributed by atoms with Crippen LogP contribution in [-0.4, -0.2) is 61.6 Å². The van der Waals surface area contributed by atoms with E-state index >= 15 is 0 Å². The lowest BCUT2D eigenvalue weighted by Crippen LogP contribution is -2.50. The van der Waals surface area contributed by atoms with Crippen molar-refractivity contribution in [3.05, 3.63) is 0 Å². The molecule has 2 saturated heterocycles. The molecule has 2 heterocycles. The number of carbonyl (C=O) groups excluding carboxylic acids is 1. The van der Waals surface area contributed by atoms with Crippen LogP contribution in [0, 0.1) is 5.92 Å². The van der Waals surface area contributed by atoms with E-state index in [2.05, 4.69) is 11.8 Å². The minimum Gasteiger partial charge on any atom is -0.381 e. The van der Waals surface area contributed by atoms with Gasteiger partial charge in [0.25, 0.3) is 0 Å². The molecule has 0 N–H and O–H groups in total. The van der Waals surface area contributed by atoms with Gasteiger partial charge in [-0.2, -0.15) is 0 Å². The molecule has 1 amide bonds. The van der Waals surface area contributed by atoms with Gasteiger partial charge in [0, 0.05) is 32.8 Å². The monoisotopic (exact) mass is 212 g/mol. The van der Waals surface area contributed by atoms with Gasteiger partial charge in [-0.25, -0.2) is 0 Å². The normalized spacial score (nSPS) is 28.3. The maximum absolute atomic E-state index is 12.0. The Labute approximate surface area is 91.2 Å². The highest BCUT2D eigenvalue weighted by Crippen LogP contribution is 2.16. The first-order chi connectivity index (χ1) is 7.31. The van der Waals surface area contributed by atoms with E-state index in [1.807, 2.05) is 4.90 Å². The molecule has 0 aromatic rings. The second-order valence-electron chi connectivity index (χ2n) is 4.32. The van der Waals surface area contributed by atoms with Crippen molar-refractivity contribution in [3.8, 4) is 0 Å². The van der Waals surface area contributed by atoms with Crippen LogP contribution >= 0.6 is 0 Å². The number of hydrogen-bond donors (Lipinski definition) is 0. The lowest BCUT2D eigenvalue weighted by atomic mass is 10.1. The van der Waals surface area contributed by atoms with Crippen LogP contribution < -0.4 is 0 Å². The molecule has 2 rings (SSSR count). The zero-order valence-corrected chi connectivity index (χ0v) is 9.45. The molecule has 2 aliphatic heterocycles. The Bertz CT molecular complexity index is 219. The van der Waals surface area contributed by atoms with E-state index in [9.17, 15) is 4.79 Å². The van der Waals surface area contributed by atoms with Gasteiger partial charge in [0.1, 0.15) is 0 Å². The van der Waals surface area contributed by atoms with Gasteiger partial charge in [-0.15, -0.1) is 0 Å². The van der Waals surface area contributed by atoms with E-state index in [0.717, 1.165) is 45.8 Å². The van der Waals surface area contributed by atoms with Crippen molar-refractivity contribution >= 4 is 5.91 Å². The Kier molecular flexibility index (Phi) is 3.59. The van der Waals surface area contributed by atoms with E-state index < -0.39 is 0 Å². The molecule has 0 spiro atoms. The van der Waals surface area contributed by atoms with Crippen molar-refractivity contribution in [2.45, 2.75) is 13.3 Å². The smallest absolute Gasteiger partial charge is 0.228 e. The lowest BCUT2D eigenvalue weighted by Gasteiger charge is -2.35. The van der Waals surface area contributed by atoms with Crippen molar-refractivity contribution in [1.29, 1.82) is 0 Å². The number of hydrogen-bond acceptors (Lipinski definition) is 3. The van der Waals surface area contributed by atoms with Crippen LogP contribution in [0.1, 0.15) is 13.3 Å². The molecule has 86 valence electrons. The summed E-state index contributed by atoms with van der Waals surface area (Å²) in [6, 6.07) is 0. The first-order valence-corrected chi connectivity index (χ1v) is 5.90. The Morgan fingerprint density at radius 1 is 1.33 bits per heavy atom. The van der Waals surface area contributed by atoms with Gasteiger partial charge in [0.05, 0.1) is 12.5 Å². The first-order valence-electron chi connectivity index (χ1n) is 5.90. The molecule has 4 nitrogen and oxygen atoms in total. The van der Waals surface area contributed by atoms with E-state index in [1.54, 1.807) is 0 Å². The summed E-state index contributed by atoms with van der Waals surface area (Å²) in [6.45, 7) is 8.48. The second kappa shape index (κ2) is 4.94. The molecule has 0 aliphatic carbocycles. The zero-order valence-electron chi connectivity index (χ0n) is 9.45. The van der Waals surface area contributed by atoms with Crippen LogP contribution in [0.2, 0.25) is 0 Å². The third-order valence-electron chi connectivity index (χ3n) is 3.41. The Hall–Kier alpha value is -0.610. The highest BCUT2D eigenvalue weighted by atomic mass is 16.5. The number of amides is 1. The fourth-order valence-corrected chi connectivity index (χ4v) is 2.27. The average molecular weight is 212 g/mol. The highest BCUT2D eigenvalue weighted by molar-refractivity contribution is 5.79. The summed E-state index contributed by atoms with van der Waals surface area (Å²) in [5.74, 6) is 0.446. The predicted molar refractivity (Wildman–Crippen MR) is 57.6 cm³/mol. The molecule has 2 aliphatic rings. The van der Waals surface area contributed by atoms with Crippen LogP contribution in [0.3, 0.4) is 0 Å². The average Bonchev–Trinajstić information content (AvgIpc) is 2.82. The van der Waals surface area contributed by atoms with Gasteiger partial charge >= 0.3 is 0 Å². The Balaban J connectivity index is 1.81. The minimum absolute atomic E-state index is 0.137. The van der Waals surface area contributed by atoms with Gasteiger partial charge in [0.2, 0.25) is 5.91 Å². The third-order valence-corrected chi connectivity index (χ3v) is 3.41. The summed E-state index contributed by atoms with van der Waals surface area (Å²) in [7, 11) is 0. The topological polar surface area (TPSA) is 32.8 Å². The molecular formula is C11H20N2O2. The number of likely N-dealkylation sites (N-methyl/N-ethyl adjacent to an activating group) is 1. The third kappa shape index (κ3) is 2.49. The largest absolute Gasteiger partial charge is 0.381 e. The van der Waals surface area contributed by atoms with E-state index in [-0.39, 0.29) is 5.92 Å². The van der Waals surface area contributed by atoms with Crippen LogP contribution in [0.25, 0.3) is 0 Å². The number of rotatable bonds is 2. The molecule has 15 heavy (non-hydrogen) atoms.